The fourth-order valence-electron chi connectivity index (χ4n) is 3.60. The van der Waals surface area contributed by atoms with E-state index in [1.807, 2.05) is 13.0 Å². The van der Waals surface area contributed by atoms with Crippen LogP contribution < -0.4 is 16.6 Å². The molecule has 0 fully saturated rings. The van der Waals surface area contributed by atoms with Crippen LogP contribution in [0.2, 0.25) is 0 Å². The lowest BCUT2D eigenvalue weighted by molar-refractivity contribution is -0.137. The average molecular weight is 473 g/mol. The van der Waals surface area contributed by atoms with E-state index in [0.717, 1.165) is 51.3 Å². The Labute approximate surface area is 189 Å². The van der Waals surface area contributed by atoms with Gasteiger partial charge in [0.2, 0.25) is 5.91 Å². The quantitative estimate of drug-likeness (QED) is 0.475. The minimum absolute atomic E-state index is 0.158. The molecule has 1 amide bonds. The minimum atomic E-state index is -4.48. The van der Waals surface area contributed by atoms with Gasteiger partial charge in [0.25, 0.3) is 5.56 Å². The van der Waals surface area contributed by atoms with E-state index in [9.17, 15) is 27.6 Å². The summed E-state index contributed by atoms with van der Waals surface area (Å²) in [5.41, 5.74) is 0.601. The number of rotatable bonds is 4. The molecule has 4 aromatic rings. The molecule has 0 radical (unpaired) electrons. The number of carbonyl (C=O) groups excluding carboxylic acids is 1. The monoisotopic (exact) mass is 473 g/mol. The van der Waals surface area contributed by atoms with E-state index in [1.165, 1.54) is 4.57 Å². The highest BCUT2D eigenvalue weighted by molar-refractivity contribution is 7.17. The summed E-state index contributed by atoms with van der Waals surface area (Å²) in [6.07, 6.45) is -4.48. The summed E-state index contributed by atoms with van der Waals surface area (Å²) in [6.45, 7) is 3.26. The Morgan fingerprint density at radius 3 is 2.36 bits per heavy atom. The van der Waals surface area contributed by atoms with E-state index in [-0.39, 0.29) is 5.69 Å². The fourth-order valence-corrected chi connectivity index (χ4v) is 4.42. The zero-order valence-electron chi connectivity index (χ0n) is 17.6. The maximum atomic E-state index is 13.3. The van der Waals surface area contributed by atoms with E-state index in [4.69, 9.17) is 0 Å². The first-order valence-electron chi connectivity index (χ1n) is 9.84. The maximum Gasteiger partial charge on any atom is 0.416 e. The van der Waals surface area contributed by atoms with Crippen molar-refractivity contribution in [2.24, 2.45) is 0 Å². The van der Waals surface area contributed by atoms with Crippen molar-refractivity contribution in [1.29, 1.82) is 0 Å². The lowest BCUT2D eigenvalue weighted by Gasteiger charge is -2.14. The predicted molar refractivity (Wildman–Crippen MR) is 121 cm³/mol. The molecule has 33 heavy (non-hydrogen) atoms. The number of aryl methyl sites for hydroxylation is 2. The first-order chi connectivity index (χ1) is 15.6. The lowest BCUT2D eigenvalue weighted by atomic mass is 10.1. The Balaban J connectivity index is 1.72. The maximum absolute atomic E-state index is 13.3. The zero-order chi connectivity index (χ0) is 23.9. The second kappa shape index (κ2) is 8.36. The van der Waals surface area contributed by atoms with E-state index in [2.05, 4.69) is 5.32 Å². The molecule has 0 bridgehead atoms. The minimum Gasteiger partial charge on any atom is -0.325 e. The smallest absolute Gasteiger partial charge is 0.325 e. The molecule has 2 aromatic carbocycles. The van der Waals surface area contributed by atoms with Crippen molar-refractivity contribution in [1.82, 2.24) is 9.13 Å². The van der Waals surface area contributed by atoms with Gasteiger partial charge in [-0.3, -0.25) is 14.2 Å². The third kappa shape index (κ3) is 4.34. The summed E-state index contributed by atoms with van der Waals surface area (Å²) in [5.74, 6) is -0.616. The molecule has 0 unspecified atom stereocenters. The molecular formula is C23H18F3N3O3S. The third-order valence-corrected chi connectivity index (χ3v) is 6.04. The molecular weight excluding hydrogens is 455 g/mol. The van der Waals surface area contributed by atoms with Crippen molar-refractivity contribution in [3.63, 3.8) is 0 Å². The summed E-state index contributed by atoms with van der Waals surface area (Å²) >= 11 is 1.16. The van der Waals surface area contributed by atoms with Crippen LogP contribution in [0, 0.1) is 13.8 Å². The largest absolute Gasteiger partial charge is 0.416 e. The number of nitrogens with zero attached hydrogens (tertiary/aromatic N) is 2. The molecule has 0 aliphatic rings. The Bertz CT molecular complexity index is 1480. The van der Waals surface area contributed by atoms with Crippen molar-refractivity contribution >= 4 is 33.1 Å². The second-order valence-electron chi connectivity index (χ2n) is 7.56. The number of thiophene rings is 1. The van der Waals surface area contributed by atoms with Crippen LogP contribution in [0.15, 0.2) is 63.5 Å². The number of alkyl halides is 3. The number of benzene rings is 2. The van der Waals surface area contributed by atoms with E-state index >= 15 is 0 Å². The normalized spacial score (nSPS) is 11.7. The van der Waals surface area contributed by atoms with Crippen LogP contribution in [0.1, 0.15) is 16.7 Å². The summed E-state index contributed by atoms with van der Waals surface area (Å²) < 4.78 is 40.8. The molecule has 0 aliphatic heterocycles. The van der Waals surface area contributed by atoms with Crippen LogP contribution in [0.5, 0.6) is 0 Å². The summed E-state index contributed by atoms with van der Waals surface area (Å²) in [6, 6.07) is 10.9. The van der Waals surface area contributed by atoms with E-state index in [1.54, 1.807) is 30.5 Å². The Morgan fingerprint density at radius 2 is 1.73 bits per heavy atom. The highest BCUT2D eigenvalue weighted by Crippen LogP contribution is 2.29. The summed E-state index contributed by atoms with van der Waals surface area (Å²) in [7, 11) is 0. The number of hydrogen-bond acceptors (Lipinski definition) is 4. The van der Waals surface area contributed by atoms with Crippen LogP contribution in [-0.4, -0.2) is 15.0 Å². The number of aromatic nitrogens is 2. The Kier molecular flexibility index (Phi) is 5.71. The van der Waals surface area contributed by atoms with Gasteiger partial charge in [-0.2, -0.15) is 13.2 Å². The van der Waals surface area contributed by atoms with Crippen molar-refractivity contribution < 1.29 is 18.0 Å². The summed E-state index contributed by atoms with van der Waals surface area (Å²) in [4.78, 5) is 39.0. The van der Waals surface area contributed by atoms with Gasteiger partial charge in [-0.05, 0) is 61.2 Å². The highest BCUT2D eigenvalue weighted by Gasteiger charge is 2.30. The van der Waals surface area contributed by atoms with Gasteiger partial charge in [0, 0.05) is 5.69 Å². The van der Waals surface area contributed by atoms with Crippen LogP contribution >= 0.6 is 11.3 Å². The van der Waals surface area contributed by atoms with Gasteiger partial charge in [-0.15, -0.1) is 11.3 Å². The molecule has 6 nitrogen and oxygen atoms in total. The molecule has 4 rings (SSSR count). The predicted octanol–water partition coefficient (Wildman–Crippen LogP) is 4.49. The molecule has 0 saturated heterocycles. The van der Waals surface area contributed by atoms with Gasteiger partial charge in [0.05, 0.1) is 16.8 Å². The van der Waals surface area contributed by atoms with E-state index < -0.39 is 35.4 Å². The average Bonchev–Trinajstić information content (AvgIpc) is 3.22. The number of amides is 1. The third-order valence-electron chi connectivity index (χ3n) is 5.15. The van der Waals surface area contributed by atoms with Gasteiger partial charge in [-0.25, -0.2) is 9.36 Å². The van der Waals surface area contributed by atoms with Crippen LogP contribution in [0.3, 0.4) is 0 Å². The van der Waals surface area contributed by atoms with E-state index in [0.29, 0.717) is 15.9 Å². The van der Waals surface area contributed by atoms with Gasteiger partial charge in [0.1, 0.15) is 11.2 Å². The van der Waals surface area contributed by atoms with Crippen LogP contribution in [0.4, 0.5) is 18.9 Å². The number of anilines is 1. The number of carbonyl (C=O) groups is 1. The number of fused-ring (bicyclic) bond motifs is 1. The first-order valence-corrected chi connectivity index (χ1v) is 10.7. The molecule has 0 spiro atoms. The molecule has 0 atom stereocenters. The Hall–Kier alpha value is -3.66. The van der Waals surface area contributed by atoms with Crippen LogP contribution in [-0.2, 0) is 17.5 Å². The van der Waals surface area contributed by atoms with Crippen molar-refractivity contribution in [2.75, 3.05) is 5.32 Å². The van der Waals surface area contributed by atoms with Crippen molar-refractivity contribution in [3.8, 4) is 5.69 Å². The molecule has 170 valence electrons. The number of nitrogens with one attached hydrogen (secondary N) is 1. The lowest BCUT2D eigenvalue weighted by Crippen LogP contribution is -2.40. The van der Waals surface area contributed by atoms with Gasteiger partial charge >= 0.3 is 11.9 Å². The van der Waals surface area contributed by atoms with Gasteiger partial charge < -0.3 is 5.32 Å². The fraction of sp³-hybridized carbons (Fsp3) is 0.174. The molecule has 0 aliphatic carbocycles. The van der Waals surface area contributed by atoms with Gasteiger partial charge in [-0.1, -0.05) is 17.7 Å². The molecule has 10 heteroatoms. The number of hydrogen-bond donors (Lipinski definition) is 1. The van der Waals surface area contributed by atoms with Crippen molar-refractivity contribution in [2.45, 2.75) is 26.6 Å². The SMILES string of the molecule is Cc1ccc(-n2c(=O)c3sccc3n(CC(=O)Nc3ccc(C(F)(F)F)cc3)c2=O)c(C)c1. The van der Waals surface area contributed by atoms with Gasteiger partial charge in [0.15, 0.2) is 0 Å². The second-order valence-corrected chi connectivity index (χ2v) is 8.47. The molecule has 0 saturated carbocycles. The Morgan fingerprint density at radius 1 is 1.03 bits per heavy atom. The zero-order valence-corrected chi connectivity index (χ0v) is 18.4. The molecule has 2 heterocycles. The number of halogens is 3. The molecule has 1 N–H and O–H groups in total. The standard InChI is InChI=1S/C23H18F3N3O3S/c1-13-3-8-17(14(2)11-13)29-21(31)20-18(9-10-33-20)28(22(29)32)12-19(30)27-16-6-4-15(5-7-16)23(24,25)26/h3-11H,12H2,1-2H3,(H,27,30). The molecule has 2 aromatic heterocycles. The highest BCUT2D eigenvalue weighted by atomic mass is 32.1. The summed E-state index contributed by atoms with van der Waals surface area (Å²) in [5, 5.41) is 4.15. The van der Waals surface area contributed by atoms with Crippen molar-refractivity contribution in [3.05, 3.63) is 91.4 Å². The topological polar surface area (TPSA) is 73.1 Å². The first kappa shape index (κ1) is 22.5. The van der Waals surface area contributed by atoms with Crippen LogP contribution in [0.25, 0.3) is 15.9 Å².